The first-order valence-electron chi connectivity index (χ1n) is 5.02. The van der Waals surface area contributed by atoms with E-state index in [0.29, 0.717) is 22.7 Å². The molecule has 0 aliphatic rings. The van der Waals surface area contributed by atoms with Crippen molar-refractivity contribution in [1.82, 2.24) is 4.57 Å². The van der Waals surface area contributed by atoms with Gasteiger partial charge in [-0.25, -0.2) is 0 Å². The van der Waals surface area contributed by atoms with Crippen LogP contribution in [0.1, 0.15) is 21.5 Å². The fourth-order valence-corrected chi connectivity index (χ4v) is 1.81. The molecule has 4 heteroatoms. The van der Waals surface area contributed by atoms with E-state index in [1.807, 2.05) is 22.9 Å². The SMILES string of the molecule is N#Cc1ccc(Cn2ccc(C=O)c2)c(Cl)c1. The van der Waals surface area contributed by atoms with Crippen molar-refractivity contribution in [2.24, 2.45) is 0 Å². The number of hydrogen-bond donors (Lipinski definition) is 0. The molecule has 0 bridgehead atoms. The lowest BCUT2D eigenvalue weighted by molar-refractivity contribution is 0.112. The molecule has 0 saturated carbocycles. The molecule has 0 atom stereocenters. The predicted molar refractivity (Wildman–Crippen MR) is 65.1 cm³/mol. The maximum atomic E-state index is 10.5. The second-order valence-electron chi connectivity index (χ2n) is 3.65. The number of aromatic nitrogens is 1. The maximum absolute atomic E-state index is 10.5. The molecule has 1 heterocycles. The minimum absolute atomic E-state index is 0.542. The second kappa shape index (κ2) is 4.86. The fourth-order valence-electron chi connectivity index (χ4n) is 1.57. The molecule has 0 N–H and O–H groups in total. The maximum Gasteiger partial charge on any atom is 0.151 e. The van der Waals surface area contributed by atoms with Crippen LogP contribution in [0.15, 0.2) is 36.7 Å². The number of hydrogen-bond acceptors (Lipinski definition) is 2. The van der Waals surface area contributed by atoms with Gasteiger partial charge in [0.15, 0.2) is 6.29 Å². The normalized spacial score (nSPS) is 9.88. The smallest absolute Gasteiger partial charge is 0.151 e. The highest BCUT2D eigenvalue weighted by Gasteiger charge is 2.03. The number of nitriles is 1. The average molecular weight is 245 g/mol. The first-order valence-corrected chi connectivity index (χ1v) is 5.40. The molecule has 1 aromatic carbocycles. The van der Waals surface area contributed by atoms with Crippen LogP contribution in [0.3, 0.4) is 0 Å². The Morgan fingerprint density at radius 3 is 2.82 bits per heavy atom. The minimum Gasteiger partial charge on any atom is -0.349 e. The third-order valence-corrected chi connectivity index (χ3v) is 2.80. The van der Waals surface area contributed by atoms with Gasteiger partial charge in [-0.1, -0.05) is 17.7 Å². The van der Waals surface area contributed by atoms with Gasteiger partial charge in [-0.3, -0.25) is 4.79 Å². The molecular formula is C13H9ClN2O. The van der Waals surface area contributed by atoms with Crippen LogP contribution in [-0.4, -0.2) is 10.9 Å². The molecule has 84 valence electrons. The molecule has 0 radical (unpaired) electrons. The van der Waals surface area contributed by atoms with E-state index in [0.717, 1.165) is 11.8 Å². The molecule has 3 nitrogen and oxygen atoms in total. The molecule has 0 amide bonds. The lowest BCUT2D eigenvalue weighted by Crippen LogP contribution is -1.97. The predicted octanol–water partition coefficient (Wildman–Crippen LogP) is 2.87. The van der Waals surface area contributed by atoms with E-state index in [4.69, 9.17) is 16.9 Å². The van der Waals surface area contributed by atoms with Gasteiger partial charge in [0.05, 0.1) is 11.6 Å². The summed E-state index contributed by atoms with van der Waals surface area (Å²) in [6.45, 7) is 0.582. The highest BCUT2D eigenvalue weighted by Crippen LogP contribution is 2.19. The van der Waals surface area contributed by atoms with Crippen molar-refractivity contribution < 1.29 is 4.79 Å². The molecule has 0 spiro atoms. The number of rotatable bonds is 3. The molecule has 0 fully saturated rings. The van der Waals surface area contributed by atoms with Crippen molar-refractivity contribution in [2.75, 3.05) is 0 Å². The Bertz CT molecular complexity index is 596. The number of halogens is 1. The summed E-state index contributed by atoms with van der Waals surface area (Å²) in [6.07, 6.45) is 4.37. The van der Waals surface area contributed by atoms with Gasteiger partial charge in [-0.2, -0.15) is 5.26 Å². The Balaban J connectivity index is 2.24. The van der Waals surface area contributed by atoms with Crippen LogP contribution >= 0.6 is 11.6 Å². The highest BCUT2D eigenvalue weighted by atomic mass is 35.5. The van der Waals surface area contributed by atoms with Gasteiger partial charge in [-0.05, 0) is 23.8 Å². The number of carbonyl (C=O) groups is 1. The Kier molecular flexibility index (Phi) is 3.27. The Hall–Kier alpha value is -2.05. The van der Waals surface area contributed by atoms with Crippen molar-refractivity contribution in [1.29, 1.82) is 5.26 Å². The minimum atomic E-state index is 0.542. The Morgan fingerprint density at radius 2 is 2.24 bits per heavy atom. The summed E-state index contributed by atoms with van der Waals surface area (Å²) in [6, 6.07) is 8.96. The van der Waals surface area contributed by atoms with Gasteiger partial charge in [0.2, 0.25) is 0 Å². The summed E-state index contributed by atoms with van der Waals surface area (Å²) in [5, 5.41) is 9.29. The molecule has 2 aromatic rings. The molecule has 0 unspecified atom stereocenters. The number of nitrogens with zero attached hydrogens (tertiary/aromatic N) is 2. The molecule has 1 aromatic heterocycles. The molecule has 0 aliphatic heterocycles. The zero-order valence-electron chi connectivity index (χ0n) is 8.93. The van der Waals surface area contributed by atoms with Crippen LogP contribution in [0.25, 0.3) is 0 Å². The summed E-state index contributed by atoms with van der Waals surface area (Å²) in [5.74, 6) is 0. The lowest BCUT2D eigenvalue weighted by atomic mass is 10.1. The first-order chi connectivity index (χ1) is 8.22. The molecule has 2 rings (SSSR count). The van der Waals surface area contributed by atoms with Crippen molar-refractivity contribution in [3.63, 3.8) is 0 Å². The zero-order chi connectivity index (χ0) is 12.3. The van der Waals surface area contributed by atoms with E-state index in [1.54, 1.807) is 24.4 Å². The quantitative estimate of drug-likeness (QED) is 0.780. The van der Waals surface area contributed by atoms with Gasteiger partial charge in [0, 0.05) is 29.5 Å². The first kappa shape index (κ1) is 11.4. The van der Waals surface area contributed by atoms with Crippen molar-refractivity contribution >= 4 is 17.9 Å². The van der Waals surface area contributed by atoms with Crippen molar-refractivity contribution in [3.8, 4) is 6.07 Å². The number of carbonyl (C=O) groups excluding carboxylic acids is 1. The summed E-state index contributed by atoms with van der Waals surface area (Å²) < 4.78 is 1.87. The highest BCUT2D eigenvalue weighted by molar-refractivity contribution is 6.31. The Morgan fingerprint density at radius 1 is 1.41 bits per heavy atom. The van der Waals surface area contributed by atoms with E-state index in [-0.39, 0.29) is 0 Å². The van der Waals surface area contributed by atoms with E-state index < -0.39 is 0 Å². The molecular weight excluding hydrogens is 236 g/mol. The fraction of sp³-hybridized carbons (Fsp3) is 0.0769. The van der Waals surface area contributed by atoms with Crippen LogP contribution in [0.5, 0.6) is 0 Å². The third-order valence-electron chi connectivity index (χ3n) is 2.44. The van der Waals surface area contributed by atoms with Crippen LogP contribution in [0.4, 0.5) is 0 Å². The Labute approximate surface area is 104 Å². The second-order valence-corrected chi connectivity index (χ2v) is 4.06. The van der Waals surface area contributed by atoms with Crippen LogP contribution in [0.2, 0.25) is 5.02 Å². The molecule has 17 heavy (non-hydrogen) atoms. The summed E-state index contributed by atoms with van der Waals surface area (Å²) in [7, 11) is 0. The van der Waals surface area contributed by atoms with E-state index in [1.165, 1.54) is 0 Å². The van der Waals surface area contributed by atoms with E-state index >= 15 is 0 Å². The zero-order valence-corrected chi connectivity index (χ0v) is 9.69. The topological polar surface area (TPSA) is 45.8 Å². The van der Waals surface area contributed by atoms with E-state index in [2.05, 4.69) is 0 Å². The third kappa shape index (κ3) is 2.55. The van der Waals surface area contributed by atoms with Gasteiger partial charge in [0.1, 0.15) is 0 Å². The average Bonchev–Trinajstić information content (AvgIpc) is 2.79. The molecule has 0 saturated heterocycles. The van der Waals surface area contributed by atoms with Gasteiger partial charge >= 0.3 is 0 Å². The summed E-state index contributed by atoms with van der Waals surface area (Å²) in [4.78, 5) is 10.5. The van der Waals surface area contributed by atoms with Crippen LogP contribution < -0.4 is 0 Å². The van der Waals surface area contributed by atoms with Crippen molar-refractivity contribution in [3.05, 3.63) is 58.4 Å². The van der Waals surface area contributed by atoms with E-state index in [9.17, 15) is 4.79 Å². The largest absolute Gasteiger partial charge is 0.349 e. The van der Waals surface area contributed by atoms with Crippen molar-refractivity contribution in [2.45, 2.75) is 6.54 Å². The van der Waals surface area contributed by atoms with Crippen LogP contribution in [-0.2, 0) is 6.54 Å². The monoisotopic (exact) mass is 244 g/mol. The number of aldehydes is 1. The van der Waals surface area contributed by atoms with Crippen LogP contribution in [0, 0.1) is 11.3 Å². The number of benzene rings is 1. The lowest BCUT2D eigenvalue weighted by Gasteiger charge is -2.05. The standard InChI is InChI=1S/C13H9ClN2O/c14-13-5-10(6-15)1-2-12(13)8-16-4-3-11(7-16)9-17/h1-5,7,9H,8H2. The van der Waals surface area contributed by atoms with Gasteiger partial charge in [-0.15, -0.1) is 0 Å². The van der Waals surface area contributed by atoms with Gasteiger partial charge in [0.25, 0.3) is 0 Å². The molecule has 0 aliphatic carbocycles. The summed E-state index contributed by atoms with van der Waals surface area (Å²) in [5.41, 5.74) is 2.09. The van der Waals surface area contributed by atoms with Gasteiger partial charge < -0.3 is 4.57 Å². The summed E-state index contributed by atoms with van der Waals surface area (Å²) >= 11 is 6.06.